The molecule has 8 nitrogen and oxygen atoms in total. The van der Waals surface area contributed by atoms with Crippen LogP contribution in [0.25, 0.3) is 0 Å². The van der Waals surface area contributed by atoms with E-state index in [-0.39, 0.29) is 36.7 Å². The standard InChI is InChI=1S/C36H38N2O6.ClH/c1-24(22-25-14-16-28(42-3)17-15-25)37-31-20-18-29-30(34(31)39)19-21-32(43-23-26-10-6-4-7-11-26)33(29)38(2)36(41)44-35(40)27-12-8-5-9-13-27;/h4-17,19,21,24,31,34,37,39H,18,20,22-23H2,1-3H3;1H. The van der Waals surface area contributed by atoms with Gasteiger partial charge in [0, 0.05) is 19.1 Å². The minimum atomic E-state index is -0.834. The average molecular weight is 631 g/mol. The molecule has 0 bridgehead atoms. The fourth-order valence-corrected chi connectivity index (χ4v) is 5.65. The van der Waals surface area contributed by atoms with Crippen LogP contribution in [0.5, 0.6) is 11.5 Å². The van der Waals surface area contributed by atoms with Crippen molar-refractivity contribution >= 4 is 30.2 Å². The van der Waals surface area contributed by atoms with Gasteiger partial charge in [0.05, 0.1) is 24.5 Å². The van der Waals surface area contributed by atoms with Crippen LogP contribution < -0.4 is 19.7 Å². The van der Waals surface area contributed by atoms with Crippen LogP contribution in [0.1, 0.15) is 52.1 Å². The molecule has 236 valence electrons. The summed E-state index contributed by atoms with van der Waals surface area (Å²) < 4.78 is 16.7. The first kappa shape index (κ1) is 33.5. The van der Waals surface area contributed by atoms with Crippen molar-refractivity contribution in [2.24, 2.45) is 0 Å². The molecule has 0 aliphatic heterocycles. The number of esters is 1. The molecule has 0 spiro atoms. The Morgan fingerprint density at radius 3 is 2.27 bits per heavy atom. The summed E-state index contributed by atoms with van der Waals surface area (Å²) in [6.07, 6.45) is 0.375. The van der Waals surface area contributed by atoms with Gasteiger partial charge >= 0.3 is 12.1 Å². The number of fused-ring (bicyclic) bond motifs is 1. The quantitative estimate of drug-likeness (QED) is 0.149. The van der Waals surface area contributed by atoms with Gasteiger partial charge < -0.3 is 24.6 Å². The number of hydrogen-bond acceptors (Lipinski definition) is 7. The molecule has 0 heterocycles. The molecular formula is C36H39ClN2O6. The maximum absolute atomic E-state index is 13.3. The number of methoxy groups -OCH3 is 1. The van der Waals surface area contributed by atoms with Crippen molar-refractivity contribution in [3.05, 3.63) is 125 Å². The maximum Gasteiger partial charge on any atom is 0.422 e. The van der Waals surface area contributed by atoms with E-state index in [9.17, 15) is 14.7 Å². The minimum Gasteiger partial charge on any atom is -0.497 e. The van der Waals surface area contributed by atoms with Gasteiger partial charge in [-0.25, -0.2) is 9.59 Å². The van der Waals surface area contributed by atoms with Crippen LogP contribution in [0.3, 0.4) is 0 Å². The van der Waals surface area contributed by atoms with Crippen molar-refractivity contribution in [3.8, 4) is 11.5 Å². The Hall–Kier alpha value is -4.37. The molecule has 5 rings (SSSR count). The maximum atomic E-state index is 13.3. The highest BCUT2D eigenvalue weighted by Crippen LogP contribution is 2.42. The highest BCUT2D eigenvalue weighted by atomic mass is 35.5. The highest BCUT2D eigenvalue weighted by Gasteiger charge is 2.34. The summed E-state index contributed by atoms with van der Waals surface area (Å²) in [6, 6.07) is 29.6. The van der Waals surface area contributed by atoms with Crippen molar-refractivity contribution in [1.82, 2.24) is 5.32 Å². The van der Waals surface area contributed by atoms with E-state index in [0.29, 0.717) is 29.8 Å². The number of ether oxygens (including phenoxy) is 3. The summed E-state index contributed by atoms with van der Waals surface area (Å²) in [6.45, 7) is 2.39. The summed E-state index contributed by atoms with van der Waals surface area (Å²) in [4.78, 5) is 27.3. The zero-order valence-electron chi connectivity index (χ0n) is 25.6. The zero-order chi connectivity index (χ0) is 31.1. The number of hydrogen-bond donors (Lipinski definition) is 2. The number of carbonyl (C=O) groups excluding carboxylic acids is 2. The summed E-state index contributed by atoms with van der Waals surface area (Å²) >= 11 is 0. The van der Waals surface area contributed by atoms with Gasteiger partial charge in [0.25, 0.3) is 0 Å². The van der Waals surface area contributed by atoms with Gasteiger partial charge in [0.2, 0.25) is 0 Å². The van der Waals surface area contributed by atoms with Gasteiger partial charge in [0.15, 0.2) is 0 Å². The number of halogens is 1. The van der Waals surface area contributed by atoms with E-state index >= 15 is 0 Å². The van der Waals surface area contributed by atoms with Crippen LogP contribution in [-0.2, 0) is 24.2 Å². The Morgan fingerprint density at radius 1 is 0.933 bits per heavy atom. The number of anilines is 1. The number of aliphatic hydroxyl groups is 1. The lowest BCUT2D eigenvalue weighted by atomic mass is 9.84. The number of benzene rings is 4. The van der Waals surface area contributed by atoms with E-state index in [4.69, 9.17) is 14.2 Å². The van der Waals surface area contributed by atoms with Gasteiger partial charge in [-0.05, 0) is 78.8 Å². The van der Waals surface area contributed by atoms with Crippen molar-refractivity contribution in [3.63, 3.8) is 0 Å². The van der Waals surface area contributed by atoms with Crippen LogP contribution in [0.4, 0.5) is 10.5 Å². The smallest absolute Gasteiger partial charge is 0.422 e. The third-order valence-corrected chi connectivity index (χ3v) is 7.92. The van der Waals surface area contributed by atoms with E-state index in [1.165, 1.54) is 10.5 Å². The number of nitrogens with zero attached hydrogens (tertiary/aromatic N) is 1. The topological polar surface area (TPSA) is 97.3 Å². The first-order valence-electron chi connectivity index (χ1n) is 14.8. The highest BCUT2D eigenvalue weighted by molar-refractivity contribution is 6.02. The second-order valence-electron chi connectivity index (χ2n) is 11.0. The fraction of sp³-hybridized carbons (Fsp3) is 0.278. The lowest BCUT2D eigenvalue weighted by Gasteiger charge is -2.35. The number of carbonyl (C=O) groups is 2. The van der Waals surface area contributed by atoms with Crippen LogP contribution >= 0.6 is 12.4 Å². The predicted octanol–water partition coefficient (Wildman–Crippen LogP) is 6.68. The fourth-order valence-electron chi connectivity index (χ4n) is 5.65. The first-order chi connectivity index (χ1) is 21.3. The Balaban J connectivity index is 0.00000461. The molecule has 1 amide bonds. The van der Waals surface area contributed by atoms with Crippen LogP contribution in [0, 0.1) is 0 Å². The molecule has 45 heavy (non-hydrogen) atoms. The van der Waals surface area contributed by atoms with Gasteiger partial charge in [-0.2, -0.15) is 0 Å². The number of nitrogens with one attached hydrogen (secondary N) is 1. The van der Waals surface area contributed by atoms with E-state index in [1.54, 1.807) is 50.6 Å². The number of amides is 1. The predicted molar refractivity (Wildman–Crippen MR) is 176 cm³/mol. The molecule has 0 radical (unpaired) electrons. The molecule has 2 N–H and O–H groups in total. The average Bonchev–Trinajstić information content (AvgIpc) is 3.05. The molecule has 1 aliphatic rings. The molecule has 4 aromatic rings. The molecule has 4 aromatic carbocycles. The summed E-state index contributed by atoms with van der Waals surface area (Å²) in [5.74, 6) is 0.537. The second-order valence-corrected chi connectivity index (χ2v) is 11.0. The lowest BCUT2D eigenvalue weighted by Crippen LogP contribution is -2.44. The normalized spacial score (nSPS) is 16.0. The lowest BCUT2D eigenvalue weighted by molar-refractivity contribution is 0.0635. The van der Waals surface area contributed by atoms with Gasteiger partial charge in [-0.3, -0.25) is 4.90 Å². The Kier molecular flexibility index (Phi) is 11.6. The monoisotopic (exact) mass is 630 g/mol. The third kappa shape index (κ3) is 8.22. The summed E-state index contributed by atoms with van der Waals surface area (Å²) in [5.41, 5.74) is 4.39. The molecule has 0 fully saturated rings. The van der Waals surface area contributed by atoms with Crippen molar-refractivity contribution in [2.75, 3.05) is 19.1 Å². The number of rotatable bonds is 10. The molecule has 1 aliphatic carbocycles. The zero-order valence-corrected chi connectivity index (χ0v) is 26.5. The minimum absolute atomic E-state index is 0. The second kappa shape index (κ2) is 15.6. The van der Waals surface area contributed by atoms with Crippen molar-refractivity contribution < 1.29 is 28.9 Å². The molecule has 0 aromatic heterocycles. The van der Waals surface area contributed by atoms with Crippen LogP contribution in [0.15, 0.2) is 97.1 Å². The summed E-state index contributed by atoms with van der Waals surface area (Å²) in [5, 5.41) is 15.1. The summed E-state index contributed by atoms with van der Waals surface area (Å²) in [7, 11) is 3.20. The SMILES string of the molecule is COc1ccc(CC(C)NC2CCc3c(ccc(OCc4ccccc4)c3N(C)C(=O)OC(=O)c3ccccc3)C2O)cc1.Cl. The Bertz CT molecular complexity index is 1570. The first-order valence-corrected chi connectivity index (χ1v) is 14.8. The molecule has 0 saturated carbocycles. The van der Waals surface area contributed by atoms with Crippen molar-refractivity contribution in [2.45, 2.75) is 51.0 Å². The van der Waals surface area contributed by atoms with Gasteiger partial charge in [0.1, 0.15) is 18.1 Å². The van der Waals surface area contributed by atoms with E-state index in [0.717, 1.165) is 23.3 Å². The Labute approximate surface area is 270 Å². The molecule has 3 atom stereocenters. The van der Waals surface area contributed by atoms with E-state index in [1.807, 2.05) is 60.7 Å². The van der Waals surface area contributed by atoms with Gasteiger partial charge in [-0.1, -0.05) is 66.7 Å². The molecule has 0 saturated heterocycles. The van der Waals surface area contributed by atoms with Crippen LogP contribution in [0.2, 0.25) is 0 Å². The van der Waals surface area contributed by atoms with E-state index < -0.39 is 18.2 Å². The molecule has 9 heteroatoms. The largest absolute Gasteiger partial charge is 0.497 e. The molecule has 3 unspecified atom stereocenters. The number of aliphatic hydroxyl groups excluding tert-OH is 1. The van der Waals surface area contributed by atoms with E-state index in [2.05, 4.69) is 12.2 Å². The third-order valence-electron chi connectivity index (χ3n) is 7.92. The Morgan fingerprint density at radius 2 is 1.60 bits per heavy atom. The van der Waals surface area contributed by atoms with Gasteiger partial charge in [-0.15, -0.1) is 12.4 Å². The molecular weight excluding hydrogens is 592 g/mol. The van der Waals surface area contributed by atoms with Crippen LogP contribution in [-0.4, -0.2) is 43.4 Å². The van der Waals surface area contributed by atoms with Crippen molar-refractivity contribution in [1.29, 1.82) is 0 Å².